The first kappa shape index (κ1) is 26.0. The molecule has 2 aromatic heterocycles. The fourth-order valence-electron chi connectivity index (χ4n) is 5.22. The van der Waals surface area contributed by atoms with Crippen molar-refractivity contribution in [1.82, 2.24) is 23.2 Å². The van der Waals surface area contributed by atoms with Crippen LogP contribution in [0.1, 0.15) is 49.9 Å². The standard InChI is InChI=1S/C26H29IN6O3S/c1-14(2)21(17-10-29-33(27)11-17)24(35)32-12-19(34)9-20(32)23-30-25(36)26(4,31-23)18-7-5-16(6-8-18)22-15(3)28-13-37-22/h5-8,10-11,13-14,19-21,34H,9,12H2,1-4H3,(H,30,31,36). The second kappa shape index (κ2) is 9.91. The molecule has 4 heterocycles. The SMILES string of the molecule is Cc1ncsc1-c1ccc(C2(C)N=C(C3CC(O)CN3C(=O)C(c3cnn(I)c3)C(C)C)NC2=O)cc1. The minimum atomic E-state index is -1.13. The van der Waals surface area contributed by atoms with E-state index in [-0.39, 0.29) is 24.3 Å². The first-order valence-corrected chi connectivity index (χ1v) is 14.0. The molecule has 4 unspecified atom stereocenters. The van der Waals surface area contributed by atoms with Gasteiger partial charge in [-0.3, -0.25) is 9.59 Å². The van der Waals surface area contributed by atoms with Gasteiger partial charge in [0.15, 0.2) is 5.54 Å². The van der Waals surface area contributed by atoms with Crippen molar-refractivity contribution in [2.45, 2.75) is 57.7 Å². The molecule has 1 fully saturated rings. The van der Waals surface area contributed by atoms with Crippen molar-refractivity contribution < 1.29 is 14.7 Å². The normalized spacial score (nSPS) is 24.5. The summed E-state index contributed by atoms with van der Waals surface area (Å²) in [6, 6.07) is 7.30. The molecular weight excluding hydrogens is 603 g/mol. The highest BCUT2D eigenvalue weighted by Crippen LogP contribution is 2.36. The third-order valence-electron chi connectivity index (χ3n) is 7.22. The molecule has 0 saturated carbocycles. The molecule has 4 atom stereocenters. The second-order valence-corrected chi connectivity index (χ2v) is 12.0. The molecule has 0 spiro atoms. The molecule has 37 heavy (non-hydrogen) atoms. The maximum atomic E-state index is 13.8. The number of aliphatic hydroxyl groups excluding tert-OH is 1. The van der Waals surface area contributed by atoms with E-state index in [9.17, 15) is 14.7 Å². The summed E-state index contributed by atoms with van der Waals surface area (Å²) in [6.07, 6.45) is 3.18. The molecule has 9 nitrogen and oxygen atoms in total. The highest BCUT2D eigenvalue weighted by molar-refractivity contribution is 14.1. The summed E-state index contributed by atoms with van der Waals surface area (Å²) < 4.78 is 1.65. The Hall–Kier alpha value is -2.64. The summed E-state index contributed by atoms with van der Waals surface area (Å²) in [7, 11) is 0. The van der Waals surface area contributed by atoms with Crippen LogP contribution in [-0.2, 0) is 15.1 Å². The van der Waals surface area contributed by atoms with E-state index < -0.39 is 23.6 Å². The van der Waals surface area contributed by atoms with E-state index in [2.05, 4.69) is 38.3 Å². The zero-order valence-corrected chi connectivity index (χ0v) is 24.0. The Balaban J connectivity index is 1.43. The quantitative estimate of drug-likeness (QED) is 0.403. The van der Waals surface area contributed by atoms with Gasteiger partial charge in [-0.05, 0) is 30.9 Å². The maximum Gasteiger partial charge on any atom is 0.257 e. The molecule has 2 amide bonds. The molecule has 194 valence electrons. The zero-order chi connectivity index (χ0) is 26.5. The minimum absolute atomic E-state index is 0.0255. The Morgan fingerprint density at radius 3 is 2.62 bits per heavy atom. The van der Waals surface area contributed by atoms with Crippen LogP contribution in [-0.4, -0.2) is 59.3 Å². The van der Waals surface area contributed by atoms with Crippen molar-refractivity contribution in [3.8, 4) is 10.4 Å². The molecule has 1 saturated heterocycles. The van der Waals surface area contributed by atoms with Crippen LogP contribution in [0.15, 0.2) is 47.2 Å². The van der Waals surface area contributed by atoms with Gasteiger partial charge in [-0.15, -0.1) is 11.3 Å². The smallest absolute Gasteiger partial charge is 0.257 e. The third kappa shape index (κ3) is 4.72. The van der Waals surface area contributed by atoms with Crippen molar-refractivity contribution in [2.75, 3.05) is 6.54 Å². The number of benzene rings is 1. The number of thiazole rings is 1. The number of hydrogen-bond acceptors (Lipinski definition) is 7. The minimum Gasteiger partial charge on any atom is -0.391 e. The zero-order valence-electron chi connectivity index (χ0n) is 21.1. The van der Waals surface area contributed by atoms with Crippen molar-refractivity contribution in [1.29, 1.82) is 0 Å². The molecule has 2 N–H and O–H groups in total. The summed E-state index contributed by atoms with van der Waals surface area (Å²) in [5.74, 6) is -0.312. The van der Waals surface area contributed by atoms with Crippen LogP contribution in [0.25, 0.3) is 10.4 Å². The van der Waals surface area contributed by atoms with Gasteiger partial charge in [-0.2, -0.15) is 5.10 Å². The summed E-state index contributed by atoms with van der Waals surface area (Å²) in [4.78, 5) is 39.0. The predicted molar refractivity (Wildman–Crippen MR) is 151 cm³/mol. The number of aromatic nitrogens is 3. The average molecular weight is 633 g/mol. The number of nitrogens with one attached hydrogen (secondary N) is 1. The Kier molecular flexibility index (Phi) is 6.96. The number of rotatable bonds is 6. The number of aliphatic imine (C=N–C) groups is 1. The summed E-state index contributed by atoms with van der Waals surface area (Å²) in [5.41, 5.74) is 4.29. The number of carbonyl (C=O) groups is 2. The van der Waals surface area contributed by atoms with Gasteiger partial charge in [0.1, 0.15) is 5.84 Å². The molecule has 1 aromatic carbocycles. The number of hydrogen-bond donors (Lipinski definition) is 2. The molecule has 0 radical (unpaired) electrons. The lowest BCUT2D eigenvalue weighted by Crippen LogP contribution is -2.48. The summed E-state index contributed by atoms with van der Waals surface area (Å²) in [5, 5.41) is 17.7. The lowest BCUT2D eigenvalue weighted by molar-refractivity contribution is -0.134. The van der Waals surface area contributed by atoms with Crippen molar-refractivity contribution >= 4 is 51.9 Å². The summed E-state index contributed by atoms with van der Waals surface area (Å²) >= 11 is 3.64. The average Bonchev–Trinajstić information content (AvgIpc) is 3.62. The van der Waals surface area contributed by atoms with E-state index in [1.807, 2.05) is 56.7 Å². The highest BCUT2D eigenvalue weighted by atomic mass is 127. The monoisotopic (exact) mass is 632 g/mol. The lowest BCUT2D eigenvalue weighted by Gasteiger charge is -2.30. The second-order valence-electron chi connectivity index (χ2n) is 10.1. The van der Waals surface area contributed by atoms with Gasteiger partial charge < -0.3 is 15.3 Å². The number of nitrogens with zero attached hydrogens (tertiary/aromatic N) is 5. The molecule has 3 aromatic rings. The first-order chi connectivity index (χ1) is 17.6. The van der Waals surface area contributed by atoms with Gasteiger partial charge in [-0.1, -0.05) is 38.1 Å². The van der Waals surface area contributed by atoms with E-state index in [0.717, 1.165) is 27.3 Å². The number of aryl methyl sites for hydroxylation is 1. The number of carbonyl (C=O) groups excluding carboxylic acids is 2. The van der Waals surface area contributed by atoms with Gasteiger partial charge in [-0.25, -0.2) is 12.9 Å². The lowest BCUT2D eigenvalue weighted by atomic mass is 9.89. The third-order valence-corrected chi connectivity index (χ3v) is 8.73. The Labute approximate surface area is 233 Å². The fraction of sp³-hybridized carbons (Fsp3) is 0.423. The largest absolute Gasteiger partial charge is 0.391 e. The van der Waals surface area contributed by atoms with E-state index in [1.165, 1.54) is 0 Å². The number of amides is 2. The molecule has 2 aliphatic rings. The Morgan fingerprint density at radius 1 is 1.30 bits per heavy atom. The highest BCUT2D eigenvalue weighted by Gasteiger charge is 2.48. The summed E-state index contributed by atoms with van der Waals surface area (Å²) in [6.45, 7) is 7.95. The fourth-order valence-corrected chi connectivity index (χ4v) is 6.47. The van der Waals surface area contributed by atoms with Crippen LogP contribution in [0.4, 0.5) is 0 Å². The van der Waals surface area contributed by atoms with Crippen LogP contribution in [0.5, 0.6) is 0 Å². The maximum absolute atomic E-state index is 13.8. The Morgan fingerprint density at radius 2 is 2.03 bits per heavy atom. The van der Waals surface area contributed by atoms with Gasteiger partial charge in [0.25, 0.3) is 5.91 Å². The van der Waals surface area contributed by atoms with Gasteiger partial charge >= 0.3 is 0 Å². The van der Waals surface area contributed by atoms with Gasteiger partial charge in [0, 0.05) is 24.7 Å². The van der Waals surface area contributed by atoms with Crippen LogP contribution in [0.2, 0.25) is 0 Å². The van der Waals surface area contributed by atoms with Crippen LogP contribution >= 0.6 is 34.2 Å². The number of halogens is 1. The molecule has 0 bridgehead atoms. The van der Waals surface area contributed by atoms with Crippen molar-refractivity contribution in [3.63, 3.8) is 0 Å². The molecule has 2 aliphatic heterocycles. The van der Waals surface area contributed by atoms with E-state index in [1.54, 1.807) is 32.3 Å². The van der Waals surface area contributed by atoms with E-state index in [4.69, 9.17) is 4.99 Å². The number of likely N-dealkylation sites (tertiary alicyclic amines) is 1. The van der Waals surface area contributed by atoms with Gasteiger partial charge in [0.05, 0.1) is 63.2 Å². The van der Waals surface area contributed by atoms with Crippen molar-refractivity contribution in [3.05, 3.63) is 59.0 Å². The number of β-amino-alcohol motifs (C(OH)–C–C–N with tert-alkyl or cyclic N) is 1. The number of amidine groups is 1. The first-order valence-electron chi connectivity index (χ1n) is 12.2. The van der Waals surface area contributed by atoms with Gasteiger partial charge in [0.2, 0.25) is 5.91 Å². The van der Waals surface area contributed by atoms with Crippen molar-refractivity contribution in [2.24, 2.45) is 10.9 Å². The molecule has 0 aliphatic carbocycles. The molecular formula is C26H29IN6O3S. The van der Waals surface area contributed by atoms with E-state index >= 15 is 0 Å². The van der Waals surface area contributed by atoms with Crippen LogP contribution < -0.4 is 5.32 Å². The van der Waals surface area contributed by atoms with Crippen LogP contribution in [0, 0.1) is 12.8 Å². The number of aliphatic hydroxyl groups is 1. The molecule has 11 heteroatoms. The molecule has 5 rings (SSSR count). The van der Waals surface area contributed by atoms with E-state index in [0.29, 0.717) is 12.3 Å². The van der Waals surface area contributed by atoms with Crippen LogP contribution in [0.3, 0.4) is 0 Å². The Bertz CT molecular complexity index is 1370. The topological polar surface area (TPSA) is 113 Å². The predicted octanol–water partition coefficient (Wildman–Crippen LogP) is 3.66.